The largest absolute Gasteiger partial charge is 0.312 e. The van der Waals surface area contributed by atoms with Gasteiger partial charge in [-0.2, -0.15) is 0 Å². The van der Waals surface area contributed by atoms with Crippen LogP contribution in [0.25, 0.3) is 0 Å². The van der Waals surface area contributed by atoms with Crippen molar-refractivity contribution in [3.8, 4) is 0 Å². The van der Waals surface area contributed by atoms with E-state index in [1.807, 2.05) is 0 Å². The standard InChI is InChI=1S/C23H28N2O/c1-18-8-2-3-10-20(18)16-24-14-6-12-21(17-24)23(26)25-15-7-11-19-9-4-5-13-22(19)25/h2-5,8-10,13,21H,6-7,11-12,14-17H2,1H3. The topological polar surface area (TPSA) is 23.6 Å². The Morgan fingerprint density at radius 3 is 2.73 bits per heavy atom. The van der Waals surface area contributed by atoms with Gasteiger partial charge >= 0.3 is 0 Å². The Kier molecular flexibility index (Phi) is 5.07. The lowest BCUT2D eigenvalue weighted by molar-refractivity contribution is -0.124. The molecule has 0 saturated carbocycles. The summed E-state index contributed by atoms with van der Waals surface area (Å²) >= 11 is 0. The van der Waals surface area contributed by atoms with Crippen LogP contribution >= 0.6 is 0 Å². The van der Waals surface area contributed by atoms with Gasteiger partial charge in [0.15, 0.2) is 0 Å². The second-order valence-corrected chi connectivity index (χ2v) is 7.72. The van der Waals surface area contributed by atoms with Crippen molar-refractivity contribution in [1.82, 2.24) is 4.90 Å². The zero-order chi connectivity index (χ0) is 17.9. The third kappa shape index (κ3) is 3.54. The molecular formula is C23H28N2O. The average Bonchev–Trinajstić information content (AvgIpc) is 2.69. The van der Waals surface area contributed by atoms with Crippen molar-refractivity contribution in [2.24, 2.45) is 5.92 Å². The summed E-state index contributed by atoms with van der Waals surface area (Å²) in [5, 5.41) is 0. The summed E-state index contributed by atoms with van der Waals surface area (Å²) in [6.45, 7) is 5.96. The van der Waals surface area contributed by atoms with Crippen LogP contribution in [0.15, 0.2) is 48.5 Å². The van der Waals surface area contributed by atoms with Gasteiger partial charge in [0.05, 0.1) is 5.92 Å². The number of nitrogens with zero attached hydrogens (tertiary/aromatic N) is 2. The lowest BCUT2D eigenvalue weighted by atomic mass is 9.93. The minimum Gasteiger partial charge on any atom is -0.312 e. The number of carbonyl (C=O) groups is 1. The molecule has 0 spiro atoms. The van der Waals surface area contributed by atoms with Crippen LogP contribution in [0.5, 0.6) is 0 Å². The zero-order valence-corrected chi connectivity index (χ0v) is 15.7. The van der Waals surface area contributed by atoms with Crippen molar-refractivity contribution in [2.75, 3.05) is 24.5 Å². The summed E-state index contributed by atoms with van der Waals surface area (Å²) in [5.41, 5.74) is 5.18. The van der Waals surface area contributed by atoms with Gasteiger partial charge in [-0.15, -0.1) is 0 Å². The maximum absolute atomic E-state index is 13.3. The number of benzene rings is 2. The smallest absolute Gasteiger partial charge is 0.231 e. The minimum absolute atomic E-state index is 0.124. The van der Waals surface area contributed by atoms with Gasteiger partial charge in [0.25, 0.3) is 0 Å². The Morgan fingerprint density at radius 2 is 1.85 bits per heavy atom. The van der Waals surface area contributed by atoms with Gasteiger partial charge < -0.3 is 4.90 Å². The molecular weight excluding hydrogens is 320 g/mol. The van der Waals surface area contributed by atoms with E-state index in [0.29, 0.717) is 5.91 Å². The average molecular weight is 348 g/mol. The monoisotopic (exact) mass is 348 g/mol. The van der Waals surface area contributed by atoms with Gasteiger partial charge in [-0.05, 0) is 61.9 Å². The van der Waals surface area contributed by atoms with Crippen molar-refractivity contribution >= 4 is 11.6 Å². The number of para-hydroxylation sites is 1. The molecule has 4 rings (SSSR count). The summed E-state index contributed by atoms with van der Waals surface area (Å²) < 4.78 is 0. The van der Waals surface area contributed by atoms with Crippen LogP contribution in [0.2, 0.25) is 0 Å². The van der Waals surface area contributed by atoms with Gasteiger partial charge in [0.1, 0.15) is 0 Å². The molecule has 2 aromatic rings. The fourth-order valence-corrected chi connectivity index (χ4v) is 4.41. The predicted octanol–water partition coefficient (Wildman–Crippen LogP) is 4.19. The third-order valence-electron chi connectivity index (χ3n) is 5.89. The molecule has 136 valence electrons. The predicted molar refractivity (Wildman–Crippen MR) is 106 cm³/mol. The molecule has 0 bridgehead atoms. The first-order valence-corrected chi connectivity index (χ1v) is 9.88. The lowest BCUT2D eigenvalue weighted by Crippen LogP contribution is -2.46. The molecule has 1 unspecified atom stereocenters. The first-order valence-electron chi connectivity index (χ1n) is 9.88. The molecule has 0 radical (unpaired) electrons. The third-order valence-corrected chi connectivity index (χ3v) is 5.89. The van der Waals surface area contributed by atoms with E-state index in [-0.39, 0.29) is 5.92 Å². The number of amides is 1. The summed E-state index contributed by atoms with van der Waals surface area (Å²) in [6, 6.07) is 17.0. The maximum atomic E-state index is 13.3. The van der Waals surface area contributed by atoms with Crippen molar-refractivity contribution in [1.29, 1.82) is 0 Å². The quantitative estimate of drug-likeness (QED) is 0.830. The molecule has 0 aromatic heterocycles. The fraction of sp³-hybridized carbons (Fsp3) is 0.435. The second kappa shape index (κ2) is 7.63. The van der Waals surface area contributed by atoms with Gasteiger partial charge in [-0.25, -0.2) is 0 Å². The molecule has 1 saturated heterocycles. The van der Waals surface area contributed by atoms with Crippen LogP contribution in [0, 0.1) is 12.8 Å². The van der Waals surface area contributed by atoms with Crippen molar-refractivity contribution in [2.45, 2.75) is 39.2 Å². The number of fused-ring (bicyclic) bond motifs is 1. The van der Waals surface area contributed by atoms with Crippen LogP contribution in [-0.4, -0.2) is 30.4 Å². The van der Waals surface area contributed by atoms with Gasteiger partial charge in [0, 0.05) is 25.3 Å². The van der Waals surface area contributed by atoms with Crippen molar-refractivity contribution in [3.63, 3.8) is 0 Å². The Morgan fingerprint density at radius 1 is 1.04 bits per heavy atom. The molecule has 2 heterocycles. The highest BCUT2D eigenvalue weighted by atomic mass is 16.2. The van der Waals surface area contributed by atoms with E-state index >= 15 is 0 Å². The molecule has 2 aromatic carbocycles. The Bertz CT molecular complexity index is 785. The van der Waals surface area contributed by atoms with Crippen LogP contribution in [0.1, 0.15) is 36.0 Å². The SMILES string of the molecule is Cc1ccccc1CN1CCCC(C(=O)N2CCCc3ccccc32)C1. The van der Waals surface area contributed by atoms with Crippen LogP contribution < -0.4 is 4.90 Å². The number of carbonyl (C=O) groups excluding carboxylic acids is 1. The number of piperidine rings is 1. The van der Waals surface area contributed by atoms with E-state index in [0.717, 1.165) is 57.5 Å². The summed E-state index contributed by atoms with van der Waals surface area (Å²) in [4.78, 5) is 17.8. The van der Waals surface area contributed by atoms with E-state index < -0.39 is 0 Å². The van der Waals surface area contributed by atoms with E-state index in [1.54, 1.807) is 0 Å². The molecule has 26 heavy (non-hydrogen) atoms. The van der Waals surface area contributed by atoms with E-state index in [4.69, 9.17) is 0 Å². The van der Waals surface area contributed by atoms with Crippen LogP contribution in [0.3, 0.4) is 0 Å². The van der Waals surface area contributed by atoms with Crippen LogP contribution in [0.4, 0.5) is 5.69 Å². The molecule has 3 nitrogen and oxygen atoms in total. The maximum Gasteiger partial charge on any atom is 0.231 e. The number of anilines is 1. The highest BCUT2D eigenvalue weighted by molar-refractivity contribution is 5.96. The summed E-state index contributed by atoms with van der Waals surface area (Å²) in [6.07, 6.45) is 4.28. The molecule has 3 heteroatoms. The van der Waals surface area contributed by atoms with E-state index in [2.05, 4.69) is 65.3 Å². The van der Waals surface area contributed by atoms with Crippen molar-refractivity contribution < 1.29 is 4.79 Å². The van der Waals surface area contributed by atoms with E-state index in [9.17, 15) is 4.79 Å². The molecule has 0 aliphatic carbocycles. The molecule has 0 N–H and O–H groups in total. The number of hydrogen-bond donors (Lipinski definition) is 0. The second-order valence-electron chi connectivity index (χ2n) is 7.72. The summed E-state index contributed by atoms with van der Waals surface area (Å²) in [7, 11) is 0. The molecule has 1 amide bonds. The molecule has 1 fully saturated rings. The van der Waals surface area contributed by atoms with Crippen molar-refractivity contribution in [3.05, 3.63) is 65.2 Å². The zero-order valence-electron chi connectivity index (χ0n) is 15.7. The number of aryl methyl sites for hydroxylation is 2. The highest BCUT2D eigenvalue weighted by Gasteiger charge is 2.31. The highest BCUT2D eigenvalue weighted by Crippen LogP contribution is 2.30. The van der Waals surface area contributed by atoms with Gasteiger partial charge in [0.2, 0.25) is 5.91 Å². The normalized spacial score (nSPS) is 20.7. The first-order chi connectivity index (χ1) is 12.7. The Labute approximate surface area is 156 Å². The van der Waals surface area contributed by atoms with E-state index in [1.165, 1.54) is 16.7 Å². The van der Waals surface area contributed by atoms with Gasteiger partial charge in [-0.1, -0.05) is 42.5 Å². The number of likely N-dealkylation sites (tertiary alicyclic amines) is 1. The summed E-state index contributed by atoms with van der Waals surface area (Å²) in [5.74, 6) is 0.450. The van der Waals surface area contributed by atoms with Gasteiger partial charge in [-0.3, -0.25) is 9.69 Å². The number of rotatable bonds is 3. The molecule has 2 aliphatic heterocycles. The fourth-order valence-electron chi connectivity index (χ4n) is 4.41. The minimum atomic E-state index is 0.124. The first kappa shape index (κ1) is 17.3. The number of hydrogen-bond acceptors (Lipinski definition) is 2. The lowest BCUT2D eigenvalue weighted by Gasteiger charge is -2.37. The molecule has 2 aliphatic rings. The molecule has 1 atom stereocenters. The Hall–Kier alpha value is -2.13. The van der Waals surface area contributed by atoms with Crippen LogP contribution in [-0.2, 0) is 17.8 Å². The Balaban J connectivity index is 1.46.